The van der Waals surface area contributed by atoms with Gasteiger partial charge in [-0.3, -0.25) is 0 Å². The van der Waals surface area contributed by atoms with Gasteiger partial charge in [-0.15, -0.1) is 0 Å². The normalized spacial score (nSPS) is 11.2. The van der Waals surface area contributed by atoms with Crippen molar-refractivity contribution >= 4 is 24.1 Å². The molecule has 0 N–H and O–H groups in total. The van der Waals surface area contributed by atoms with Gasteiger partial charge in [0.15, 0.2) is 29.1 Å². The second kappa shape index (κ2) is 3.68. The highest BCUT2D eigenvalue weighted by Gasteiger charge is 2.24. The summed E-state index contributed by atoms with van der Waals surface area (Å²) in [6.07, 6.45) is 0. The average Bonchev–Trinajstić information content (AvgIpc) is 2.28. The maximum Gasteiger partial charge on any atom is 0.194 e. The van der Waals surface area contributed by atoms with Crippen LogP contribution >= 0.6 is 0 Å². The minimum atomic E-state index is -1.92. The van der Waals surface area contributed by atoms with Gasteiger partial charge in [-0.05, 0) is 5.46 Å². The van der Waals surface area contributed by atoms with Gasteiger partial charge in [0.1, 0.15) is 13.7 Å². The van der Waals surface area contributed by atoms with Gasteiger partial charge in [-0.25, -0.2) is 26.3 Å². The van der Waals surface area contributed by atoms with Gasteiger partial charge < -0.3 is 0 Å². The molecule has 0 fully saturated rings. The Hall–Kier alpha value is -1.66. The molecule has 2 rings (SSSR count). The smallest absolute Gasteiger partial charge is 0.194 e. The van der Waals surface area contributed by atoms with Gasteiger partial charge in [0.2, 0.25) is 0 Å². The van der Waals surface area contributed by atoms with Gasteiger partial charge in [0, 0.05) is 11.5 Å². The predicted molar refractivity (Wildman–Crippen MR) is 51.9 cm³/mol. The third kappa shape index (κ3) is 1.49. The minimum Gasteiger partial charge on any atom is -0.206 e. The maximum atomic E-state index is 13.3. The number of rotatable bonds is 0. The van der Waals surface area contributed by atoms with E-state index in [2.05, 4.69) is 0 Å². The summed E-state index contributed by atoms with van der Waals surface area (Å²) < 4.78 is 78.9. The lowest BCUT2D eigenvalue weighted by Crippen LogP contribution is -2.17. The van der Waals surface area contributed by atoms with Crippen LogP contribution in [0.4, 0.5) is 26.3 Å². The van der Waals surface area contributed by atoms with Crippen molar-refractivity contribution in [2.24, 2.45) is 0 Å². The van der Waals surface area contributed by atoms with E-state index in [1.165, 1.54) is 0 Å². The molecular weight excluding hydrogens is 245 g/mol. The summed E-state index contributed by atoms with van der Waals surface area (Å²) in [5.74, 6) is -10.2. The number of hydrogen-bond donors (Lipinski definition) is 0. The van der Waals surface area contributed by atoms with Crippen molar-refractivity contribution in [2.75, 3.05) is 0 Å². The van der Waals surface area contributed by atoms with Crippen LogP contribution in [0.5, 0.6) is 0 Å². The van der Waals surface area contributed by atoms with Crippen molar-refractivity contribution < 1.29 is 26.3 Å². The first-order chi connectivity index (χ1) is 7.86. The molecule has 0 aliphatic rings. The standard InChI is InChI=1S/C10H3BF6/c11-6-5-4(8(15)10(17)9(6)16)2(12)1-3(13)7(5)14/h1H,11H2. The summed E-state index contributed by atoms with van der Waals surface area (Å²) in [5, 5.41) is -2.03. The van der Waals surface area contributed by atoms with Crippen molar-refractivity contribution in [3.63, 3.8) is 0 Å². The van der Waals surface area contributed by atoms with Crippen LogP contribution in [0.2, 0.25) is 0 Å². The van der Waals surface area contributed by atoms with E-state index in [1.807, 2.05) is 0 Å². The monoisotopic (exact) mass is 248 g/mol. The number of hydrogen-bond acceptors (Lipinski definition) is 0. The van der Waals surface area contributed by atoms with Crippen LogP contribution in [0.3, 0.4) is 0 Å². The van der Waals surface area contributed by atoms with E-state index in [0.717, 1.165) is 7.85 Å². The Morgan fingerprint density at radius 2 is 1.24 bits per heavy atom. The summed E-state index contributed by atoms with van der Waals surface area (Å²) in [6.45, 7) is 0. The first kappa shape index (κ1) is 11.8. The third-order valence-electron chi connectivity index (χ3n) is 2.48. The summed E-state index contributed by atoms with van der Waals surface area (Å²) >= 11 is 0. The van der Waals surface area contributed by atoms with Crippen LogP contribution in [0, 0.1) is 34.9 Å². The largest absolute Gasteiger partial charge is 0.206 e. The molecule has 88 valence electrons. The molecule has 17 heavy (non-hydrogen) atoms. The SMILES string of the molecule is Bc1c(F)c(F)c(F)c2c(F)cc(F)c(F)c12. The number of benzene rings is 2. The first-order valence-electron chi connectivity index (χ1n) is 4.46. The van der Waals surface area contributed by atoms with E-state index in [1.54, 1.807) is 0 Å². The molecule has 0 saturated heterocycles. The van der Waals surface area contributed by atoms with Gasteiger partial charge in [0.05, 0.1) is 5.39 Å². The van der Waals surface area contributed by atoms with Crippen molar-refractivity contribution in [1.82, 2.24) is 0 Å². The van der Waals surface area contributed by atoms with E-state index < -0.39 is 51.1 Å². The van der Waals surface area contributed by atoms with E-state index in [-0.39, 0.29) is 6.07 Å². The van der Waals surface area contributed by atoms with Crippen LogP contribution < -0.4 is 5.46 Å². The maximum absolute atomic E-state index is 13.3. The summed E-state index contributed by atoms with van der Waals surface area (Å²) in [7, 11) is 0.905. The summed E-state index contributed by atoms with van der Waals surface area (Å²) in [4.78, 5) is 0. The molecule has 2 aromatic rings. The predicted octanol–water partition coefficient (Wildman–Crippen LogP) is 1.93. The highest BCUT2D eigenvalue weighted by molar-refractivity contribution is 6.39. The quantitative estimate of drug-likeness (QED) is 0.289. The Morgan fingerprint density at radius 1 is 0.647 bits per heavy atom. The molecule has 0 aliphatic heterocycles. The second-order valence-corrected chi connectivity index (χ2v) is 3.47. The van der Waals surface area contributed by atoms with Crippen LogP contribution in [0.1, 0.15) is 0 Å². The lowest BCUT2D eigenvalue weighted by atomic mass is 9.88. The average molecular weight is 248 g/mol. The van der Waals surface area contributed by atoms with Crippen LogP contribution in [0.15, 0.2) is 6.07 Å². The number of fused-ring (bicyclic) bond motifs is 1. The van der Waals surface area contributed by atoms with Gasteiger partial charge in [0.25, 0.3) is 0 Å². The molecule has 0 spiro atoms. The zero-order valence-electron chi connectivity index (χ0n) is 8.35. The lowest BCUT2D eigenvalue weighted by Gasteiger charge is -2.09. The summed E-state index contributed by atoms with van der Waals surface area (Å²) in [5.41, 5.74) is -0.685. The molecule has 0 bridgehead atoms. The van der Waals surface area contributed by atoms with E-state index in [4.69, 9.17) is 0 Å². The Morgan fingerprint density at radius 3 is 1.82 bits per heavy atom. The fraction of sp³-hybridized carbons (Fsp3) is 0. The zero-order chi connectivity index (χ0) is 12.9. The van der Waals surface area contributed by atoms with Crippen LogP contribution in [-0.4, -0.2) is 7.85 Å². The van der Waals surface area contributed by atoms with E-state index >= 15 is 0 Å². The summed E-state index contributed by atoms with van der Waals surface area (Å²) in [6, 6.07) is 0.0809. The fourth-order valence-electron chi connectivity index (χ4n) is 1.64. The molecule has 0 saturated carbocycles. The Kier molecular flexibility index (Phi) is 2.56. The minimum absolute atomic E-state index is 0.0809. The molecule has 0 radical (unpaired) electrons. The number of halogens is 6. The molecular formula is C10H3BF6. The van der Waals surface area contributed by atoms with Crippen LogP contribution in [0.25, 0.3) is 10.8 Å². The zero-order valence-corrected chi connectivity index (χ0v) is 8.35. The topological polar surface area (TPSA) is 0 Å². The van der Waals surface area contributed by atoms with Crippen molar-refractivity contribution in [2.45, 2.75) is 0 Å². The van der Waals surface area contributed by atoms with Crippen molar-refractivity contribution in [3.8, 4) is 0 Å². The van der Waals surface area contributed by atoms with E-state index in [0.29, 0.717) is 0 Å². The molecule has 0 nitrogen and oxygen atoms in total. The Balaban J connectivity index is 3.17. The van der Waals surface area contributed by atoms with Crippen molar-refractivity contribution in [3.05, 3.63) is 41.0 Å². The Labute approximate surface area is 92.3 Å². The van der Waals surface area contributed by atoms with E-state index in [9.17, 15) is 26.3 Å². The van der Waals surface area contributed by atoms with Gasteiger partial charge >= 0.3 is 0 Å². The molecule has 2 aromatic carbocycles. The first-order valence-corrected chi connectivity index (χ1v) is 4.46. The lowest BCUT2D eigenvalue weighted by molar-refractivity contribution is 0.451. The molecule has 7 heteroatoms. The van der Waals surface area contributed by atoms with Crippen LogP contribution in [-0.2, 0) is 0 Å². The molecule has 0 aliphatic carbocycles. The highest BCUT2D eigenvalue weighted by atomic mass is 19.2. The molecule has 0 aromatic heterocycles. The van der Waals surface area contributed by atoms with Crippen molar-refractivity contribution in [1.29, 1.82) is 0 Å². The molecule has 0 amide bonds. The molecule has 0 atom stereocenters. The third-order valence-corrected chi connectivity index (χ3v) is 2.48. The second-order valence-electron chi connectivity index (χ2n) is 3.47. The van der Waals surface area contributed by atoms with Gasteiger partial charge in [-0.2, -0.15) is 0 Å². The van der Waals surface area contributed by atoms with Gasteiger partial charge in [-0.1, -0.05) is 0 Å². The fourth-order valence-corrected chi connectivity index (χ4v) is 1.64. The Bertz CT molecular complexity index is 637. The molecule has 0 unspecified atom stereocenters. The highest BCUT2D eigenvalue weighted by Crippen LogP contribution is 2.27. The molecule has 0 heterocycles.